The van der Waals surface area contributed by atoms with Crippen LogP contribution >= 0.6 is 0 Å². The Morgan fingerprint density at radius 1 is 1.23 bits per heavy atom. The van der Waals surface area contributed by atoms with Crippen molar-refractivity contribution in [1.29, 1.82) is 0 Å². The number of aromatic nitrogens is 4. The van der Waals surface area contributed by atoms with Gasteiger partial charge in [-0.2, -0.15) is 0 Å². The summed E-state index contributed by atoms with van der Waals surface area (Å²) in [6.07, 6.45) is 1.28. The Bertz CT molecular complexity index is 859. The minimum atomic E-state index is -0.614. The van der Waals surface area contributed by atoms with Crippen molar-refractivity contribution < 1.29 is 9.59 Å². The minimum absolute atomic E-state index is 0.121. The highest BCUT2D eigenvalue weighted by Crippen LogP contribution is 2.04. The number of imide groups is 1. The van der Waals surface area contributed by atoms with Gasteiger partial charge in [0.05, 0.1) is 6.33 Å². The van der Waals surface area contributed by atoms with E-state index >= 15 is 0 Å². The topological polar surface area (TPSA) is 120 Å². The summed E-state index contributed by atoms with van der Waals surface area (Å²) in [6.45, 7) is 1.84. The zero-order valence-corrected chi connectivity index (χ0v) is 12.4. The summed E-state index contributed by atoms with van der Waals surface area (Å²) in [6, 6.07) is -0.614. The average molecular weight is 308 g/mol. The SMILES string of the molecule is CCNC(=O)NC(=O)Cn1cnc2c1c(=O)n(C)c(=O)n2C. The molecule has 22 heavy (non-hydrogen) atoms. The number of carbonyl (C=O) groups excluding carboxylic acids is 2. The summed E-state index contributed by atoms with van der Waals surface area (Å²) in [5.74, 6) is -0.596. The first-order valence-electron chi connectivity index (χ1n) is 6.55. The van der Waals surface area contributed by atoms with Crippen molar-refractivity contribution in [2.75, 3.05) is 6.54 Å². The molecule has 10 nitrogen and oxygen atoms in total. The van der Waals surface area contributed by atoms with Crippen molar-refractivity contribution in [2.45, 2.75) is 13.5 Å². The maximum atomic E-state index is 12.2. The molecule has 0 aromatic carbocycles. The van der Waals surface area contributed by atoms with Gasteiger partial charge in [0.2, 0.25) is 5.91 Å². The van der Waals surface area contributed by atoms with E-state index in [0.29, 0.717) is 6.54 Å². The van der Waals surface area contributed by atoms with Gasteiger partial charge in [-0.05, 0) is 6.92 Å². The molecule has 0 aliphatic rings. The Morgan fingerprint density at radius 2 is 1.91 bits per heavy atom. The van der Waals surface area contributed by atoms with Gasteiger partial charge in [-0.1, -0.05) is 0 Å². The number of imidazole rings is 1. The van der Waals surface area contributed by atoms with Crippen LogP contribution in [0, 0.1) is 0 Å². The number of rotatable bonds is 3. The van der Waals surface area contributed by atoms with Gasteiger partial charge in [-0.25, -0.2) is 14.6 Å². The van der Waals surface area contributed by atoms with Crippen LogP contribution in [0.15, 0.2) is 15.9 Å². The van der Waals surface area contributed by atoms with E-state index in [4.69, 9.17) is 0 Å². The number of urea groups is 1. The first-order chi connectivity index (χ1) is 10.4. The predicted molar refractivity (Wildman–Crippen MR) is 77.4 cm³/mol. The second kappa shape index (κ2) is 5.84. The summed E-state index contributed by atoms with van der Waals surface area (Å²) in [5.41, 5.74) is -0.759. The normalized spacial score (nSPS) is 10.7. The van der Waals surface area contributed by atoms with Crippen molar-refractivity contribution in [3.05, 3.63) is 27.2 Å². The van der Waals surface area contributed by atoms with Crippen LogP contribution in [0.25, 0.3) is 11.2 Å². The van der Waals surface area contributed by atoms with Crippen molar-refractivity contribution >= 4 is 23.1 Å². The Labute approximate surface area is 124 Å². The van der Waals surface area contributed by atoms with Crippen LogP contribution in [0.1, 0.15) is 6.92 Å². The molecule has 0 atom stereocenters. The van der Waals surface area contributed by atoms with Crippen LogP contribution in [-0.4, -0.2) is 37.2 Å². The molecule has 2 aromatic rings. The number of hydrogen-bond acceptors (Lipinski definition) is 5. The van der Waals surface area contributed by atoms with Crippen LogP contribution in [0.5, 0.6) is 0 Å². The van der Waals surface area contributed by atoms with Crippen molar-refractivity contribution in [3.8, 4) is 0 Å². The smallest absolute Gasteiger partial charge is 0.332 e. The molecule has 2 rings (SSSR count). The Morgan fingerprint density at radius 3 is 2.55 bits per heavy atom. The summed E-state index contributed by atoms with van der Waals surface area (Å²) in [4.78, 5) is 51.0. The van der Waals surface area contributed by atoms with Crippen LogP contribution in [0.3, 0.4) is 0 Å². The molecule has 0 fully saturated rings. The third-order valence-electron chi connectivity index (χ3n) is 3.12. The van der Waals surface area contributed by atoms with E-state index in [2.05, 4.69) is 15.6 Å². The average Bonchev–Trinajstić information content (AvgIpc) is 2.86. The number of amides is 3. The molecular formula is C12H16N6O4. The van der Waals surface area contributed by atoms with E-state index in [-0.39, 0.29) is 17.7 Å². The molecule has 0 aliphatic carbocycles. The van der Waals surface area contributed by atoms with Crippen molar-refractivity contribution in [1.82, 2.24) is 29.3 Å². The molecular weight excluding hydrogens is 292 g/mol. The van der Waals surface area contributed by atoms with Crippen LogP contribution in [-0.2, 0) is 25.4 Å². The third-order valence-corrected chi connectivity index (χ3v) is 3.12. The van der Waals surface area contributed by atoms with Gasteiger partial charge in [0, 0.05) is 20.6 Å². The van der Waals surface area contributed by atoms with Gasteiger partial charge in [-0.3, -0.25) is 24.0 Å². The van der Waals surface area contributed by atoms with Crippen molar-refractivity contribution in [3.63, 3.8) is 0 Å². The molecule has 0 unspecified atom stereocenters. The molecule has 0 bridgehead atoms. The Balaban J connectivity index is 2.38. The zero-order valence-electron chi connectivity index (χ0n) is 12.4. The third kappa shape index (κ3) is 2.62. The molecule has 0 spiro atoms. The van der Waals surface area contributed by atoms with E-state index in [1.54, 1.807) is 6.92 Å². The lowest BCUT2D eigenvalue weighted by molar-refractivity contribution is -0.120. The molecule has 0 saturated carbocycles. The predicted octanol–water partition coefficient (Wildman–Crippen LogP) is -1.72. The number of carbonyl (C=O) groups is 2. The van der Waals surface area contributed by atoms with Crippen LogP contribution in [0.4, 0.5) is 4.79 Å². The lowest BCUT2D eigenvalue weighted by atomic mass is 10.4. The number of nitrogens with zero attached hydrogens (tertiary/aromatic N) is 4. The number of aryl methyl sites for hydroxylation is 1. The Hall–Kier alpha value is -2.91. The summed E-state index contributed by atoms with van der Waals surface area (Å²) in [7, 11) is 2.83. The molecule has 2 N–H and O–H groups in total. The second-order valence-corrected chi connectivity index (χ2v) is 4.66. The maximum Gasteiger partial charge on any atom is 0.332 e. The molecule has 0 saturated heterocycles. The number of nitrogens with one attached hydrogen (secondary N) is 2. The Kier molecular flexibility index (Phi) is 4.11. The second-order valence-electron chi connectivity index (χ2n) is 4.66. The number of fused-ring (bicyclic) bond motifs is 1. The van der Waals surface area contributed by atoms with E-state index in [1.807, 2.05) is 0 Å². The lowest BCUT2D eigenvalue weighted by Gasteiger charge is -2.07. The van der Waals surface area contributed by atoms with Crippen LogP contribution < -0.4 is 21.9 Å². The summed E-state index contributed by atoms with van der Waals surface area (Å²) in [5, 5.41) is 4.55. The summed E-state index contributed by atoms with van der Waals surface area (Å²) >= 11 is 0. The monoisotopic (exact) mass is 308 g/mol. The van der Waals surface area contributed by atoms with E-state index in [0.717, 1.165) is 4.57 Å². The first kappa shape index (κ1) is 15.5. The molecule has 2 heterocycles. The highest BCUT2D eigenvalue weighted by molar-refractivity contribution is 5.94. The fourth-order valence-corrected chi connectivity index (χ4v) is 2.04. The molecule has 2 aromatic heterocycles. The minimum Gasteiger partial charge on any atom is -0.338 e. The molecule has 118 valence electrons. The lowest BCUT2D eigenvalue weighted by Crippen LogP contribution is -2.41. The maximum absolute atomic E-state index is 12.2. The highest BCUT2D eigenvalue weighted by Gasteiger charge is 2.16. The van der Waals surface area contributed by atoms with Gasteiger partial charge in [0.1, 0.15) is 6.54 Å². The van der Waals surface area contributed by atoms with Gasteiger partial charge >= 0.3 is 11.7 Å². The van der Waals surface area contributed by atoms with Gasteiger partial charge in [0.25, 0.3) is 5.56 Å². The standard InChI is InChI=1S/C12H16N6O4/c1-4-13-11(21)15-7(19)5-18-6-14-9-8(18)10(20)17(3)12(22)16(9)2/h6H,4-5H2,1-3H3,(H2,13,15,19,21). The summed E-state index contributed by atoms with van der Waals surface area (Å²) < 4.78 is 3.45. The molecule has 0 aliphatic heterocycles. The van der Waals surface area contributed by atoms with Crippen LogP contribution in [0.2, 0.25) is 0 Å². The van der Waals surface area contributed by atoms with Gasteiger partial charge in [0.15, 0.2) is 11.2 Å². The quantitative estimate of drug-likeness (QED) is 0.699. The first-order valence-corrected chi connectivity index (χ1v) is 6.55. The van der Waals surface area contributed by atoms with E-state index in [1.165, 1.54) is 29.6 Å². The molecule has 0 radical (unpaired) electrons. The van der Waals surface area contributed by atoms with E-state index < -0.39 is 23.2 Å². The highest BCUT2D eigenvalue weighted by atomic mass is 16.2. The number of hydrogen-bond donors (Lipinski definition) is 2. The van der Waals surface area contributed by atoms with Gasteiger partial charge < -0.3 is 9.88 Å². The fraction of sp³-hybridized carbons (Fsp3) is 0.417. The molecule has 3 amide bonds. The zero-order chi connectivity index (χ0) is 16.4. The largest absolute Gasteiger partial charge is 0.338 e. The molecule has 10 heteroatoms. The van der Waals surface area contributed by atoms with E-state index in [9.17, 15) is 19.2 Å². The van der Waals surface area contributed by atoms with Gasteiger partial charge in [-0.15, -0.1) is 0 Å². The fourth-order valence-electron chi connectivity index (χ4n) is 2.04. The van der Waals surface area contributed by atoms with Crippen molar-refractivity contribution in [2.24, 2.45) is 14.1 Å².